The van der Waals surface area contributed by atoms with E-state index in [1.807, 2.05) is 29.8 Å². The SMILES string of the molecule is Cc1ccnn1Cc1ccc(Cl)cc1Cl. The molecule has 0 unspecified atom stereocenters. The molecule has 0 bridgehead atoms. The average molecular weight is 241 g/mol. The lowest BCUT2D eigenvalue weighted by Gasteiger charge is -2.06. The summed E-state index contributed by atoms with van der Waals surface area (Å²) in [6, 6.07) is 7.47. The fraction of sp³-hybridized carbons (Fsp3) is 0.182. The second kappa shape index (κ2) is 4.25. The highest BCUT2D eigenvalue weighted by atomic mass is 35.5. The third kappa shape index (κ3) is 2.33. The van der Waals surface area contributed by atoms with Gasteiger partial charge in [0.25, 0.3) is 0 Å². The minimum atomic E-state index is 0.654. The average Bonchev–Trinajstić information content (AvgIpc) is 2.57. The van der Waals surface area contributed by atoms with Crippen LogP contribution in [0.2, 0.25) is 10.0 Å². The molecule has 2 rings (SSSR count). The summed E-state index contributed by atoms with van der Waals surface area (Å²) in [5.74, 6) is 0. The van der Waals surface area contributed by atoms with E-state index in [4.69, 9.17) is 23.2 Å². The summed E-state index contributed by atoms with van der Waals surface area (Å²) in [7, 11) is 0. The number of hydrogen-bond donors (Lipinski definition) is 0. The van der Waals surface area contributed by atoms with Crippen LogP contribution in [0.4, 0.5) is 0 Å². The van der Waals surface area contributed by atoms with Crippen molar-refractivity contribution in [2.75, 3.05) is 0 Å². The van der Waals surface area contributed by atoms with Crippen LogP contribution >= 0.6 is 23.2 Å². The van der Waals surface area contributed by atoms with E-state index in [2.05, 4.69) is 5.10 Å². The number of halogens is 2. The van der Waals surface area contributed by atoms with E-state index < -0.39 is 0 Å². The summed E-state index contributed by atoms with van der Waals surface area (Å²) in [6.07, 6.45) is 1.78. The number of hydrogen-bond acceptors (Lipinski definition) is 1. The number of nitrogens with zero attached hydrogens (tertiary/aromatic N) is 2. The maximum absolute atomic E-state index is 6.07. The molecule has 0 amide bonds. The van der Waals surface area contributed by atoms with Crippen LogP contribution in [0.25, 0.3) is 0 Å². The number of benzene rings is 1. The molecule has 0 N–H and O–H groups in total. The molecule has 0 spiro atoms. The minimum Gasteiger partial charge on any atom is -0.265 e. The van der Waals surface area contributed by atoms with Crippen molar-refractivity contribution >= 4 is 23.2 Å². The van der Waals surface area contributed by atoms with Crippen molar-refractivity contribution in [3.05, 3.63) is 51.8 Å². The first-order valence-corrected chi connectivity index (χ1v) is 5.35. The van der Waals surface area contributed by atoms with Gasteiger partial charge >= 0.3 is 0 Å². The van der Waals surface area contributed by atoms with Crippen LogP contribution < -0.4 is 0 Å². The van der Waals surface area contributed by atoms with Gasteiger partial charge in [0.1, 0.15) is 0 Å². The van der Waals surface area contributed by atoms with E-state index in [-0.39, 0.29) is 0 Å². The summed E-state index contributed by atoms with van der Waals surface area (Å²) < 4.78 is 1.90. The Bertz CT molecular complexity index is 477. The quantitative estimate of drug-likeness (QED) is 0.786. The van der Waals surface area contributed by atoms with Crippen LogP contribution in [-0.2, 0) is 6.54 Å². The van der Waals surface area contributed by atoms with Gasteiger partial charge in [0.05, 0.1) is 6.54 Å². The highest BCUT2D eigenvalue weighted by Gasteiger charge is 2.03. The molecule has 0 saturated heterocycles. The van der Waals surface area contributed by atoms with Gasteiger partial charge in [0.15, 0.2) is 0 Å². The third-order valence-corrected chi connectivity index (χ3v) is 2.85. The Morgan fingerprint density at radius 2 is 2.07 bits per heavy atom. The molecule has 78 valence electrons. The Labute approximate surface area is 98.4 Å². The van der Waals surface area contributed by atoms with E-state index in [0.717, 1.165) is 11.3 Å². The zero-order valence-corrected chi connectivity index (χ0v) is 9.76. The number of aromatic nitrogens is 2. The first-order chi connectivity index (χ1) is 7.16. The van der Waals surface area contributed by atoms with Gasteiger partial charge in [0.2, 0.25) is 0 Å². The highest BCUT2D eigenvalue weighted by molar-refractivity contribution is 6.35. The molecular weight excluding hydrogens is 231 g/mol. The summed E-state index contributed by atoms with van der Waals surface area (Å²) in [4.78, 5) is 0. The van der Waals surface area contributed by atoms with Crippen molar-refractivity contribution < 1.29 is 0 Å². The predicted octanol–water partition coefficient (Wildman–Crippen LogP) is 3.55. The predicted molar refractivity (Wildman–Crippen MR) is 62.5 cm³/mol. The van der Waals surface area contributed by atoms with Gasteiger partial charge in [0, 0.05) is 21.9 Å². The Kier molecular flexibility index (Phi) is 2.98. The fourth-order valence-corrected chi connectivity index (χ4v) is 1.84. The molecule has 15 heavy (non-hydrogen) atoms. The standard InChI is InChI=1S/C11H10Cl2N2/c1-8-4-5-14-15(8)7-9-2-3-10(12)6-11(9)13/h2-6H,7H2,1H3. The molecule has 1 heterocycles. The van der Waals surface area contributed by atoms with Gasteiger partial charge in [-0.25, -0.2) is 0 Å². The molecule has 1 aromatic heterocycles. The van der Waals surface area contributed by atoms with E-state index in [9.17, 15) is 0 Å². The van der Waals surface area contributed by atoms with Gasteiger partial charge in [-0.05, 0) is 30.7 Å². The summed E-state index contributed by atoms with van der Waals surface area (Å²) in [5, 5.41) is 5.53. The Hall–Kier alpha value is -0.990. The molecule has 0 aliphatic rings. The largest absolute Gasteiger partial charge is 0.265 e. The highest BCUT2D eigenvalue weighted by Crippen LogP contribution is 2.21. The van der Waals surface area contributed by atoms with Crippen molar-refractivity contribution in [1.29, 1.82) is 0 Å². The van der Waals surface area contributed by atoms with Gasteiger partial charge in [-0.1, -0.05) is 29.3 Å². The second-order valence-corrected chi connectivity index (χ2v) is 4.21. The van der Waals surface area contributed by atoms with E-state index >= 15 is 0 Å². The maximum Gasteiger partial charge on any atom is 0.0676 e. The summed E-state index contributed by atoms with van der Waals surface area (Å²) in [5.41, 5.74) is 2.13. The number of rotatable bonds is 2. The van der Waals surface area contributed by atoms with E-state index in [0.29, 0.717) is 16.6 Å². The number of aryl methyl sites for hydroxylation is 1. The van der Waals surface area contributed by atoms with E-state index in [1.165, 1.54) is 0 Å². The zero-order chi connectivity index (χ0) is 10.8. The molecule has 0 atom stereocenters. The lowest BCUT2D eigenvalue weighted by atomic mass is 10.2. The Morgan fingerprint density at radius 1 is 1.27 bits per heavy atom. The summed E-state index contributed by atoms with van der Waals surface area (Å²) >= 11 is 11.9. The third-order valence-electron chi connectivity index (χ3n) is 2.26. The molecule has 0 aliphatic heterocycles. The Morgan fingerprint density at radius 3 is 2.67 bits per heavy atom. The fourth-order valence-electron chi connectivity index (χ4n) is 1.38. The smallest absolute Gasteiger partial charge is 0.0676 e. The molecule has 0 saturated carbocycles. The second-order valence-electron chi connectivity index (χ2n) is 3.37. The van der Waals surface area contributed by atoms with Gasteiger partial charge in [-0.3, -0.25) is 4.68 Å². The minimum absolute atomic E-state index is 0.654. The summed E-state index contributed by atoms with van der Waals surface area (Å²) in [6.45, 7) is 2.69. The molecule has 1 aromatic carbocycles. The van der Waals surface area contributed by atoms with E-state index in [1.54, 1.807) is 12.3 Å². The van der Waals surface area contributed by atoms with Gasteiger partial charge in [-0.2, -0.15) is 5.10 Å². The van der Waals surface area contributed by atoms with Gasteiger partial charge in [-0.15, -0.1) is 0 Å². The monoisotopic (exact) mass is 240 g/mol. The first kappa shape index (κ1) is 10.5. The van der Waals surface area contributed by atoms with Crippen LogP contribution in [0.15, 0.2) is 30.5 Å². The van der Waals surface area contributed by atoms with Crippen molar-refractivity contribution in [2.45, 2.75) is 13.5 Å². The first-order valence-electron chi connectivity index (χ1n) is 4.59. The lowest BCUT2D eigenvalue weighted by Crippen LogP contribution is -2.03. The molecule has 0 fully saturated rings. The molecule has 0 radical (unpaired) electrons. The van der Waals surface area contributed by atoms with Crippen LogP contribution in [0, 0.1) is 6.92 Å². The zero-order valence-electron chi connectivity index (χ0n) is 8.24. The van der Waals surface area contributed by atoms with Crippen LogP contribution in [0.1, 0.15) is 11.3 Å². The normalized spacial score (nSPS) is 10.6. The van der Waals surface area contributed by atoms with Crippen LogP contribution in [0.5, 0.6) is 0 Å². The van der Waals surface area contributed by atoms with Crippen molar-refractivity contribution in [2.24, 2.45) is 0 Å². The molecule has 2 nitrogen and oxygen atoms in total. The van der Waals surface area contributed by atoms with Crippen LogP contribution in [-0.4, -0.2) is 9.78 Å². The van der Waals surface area contributed by atoms with Gasteiger partial charge < -0.3 is 0 Å². The molecular formula is C11H10Cl2N2. The van der Waals surface area contributed by atoms with Crippen molar-refractivity contribution in [3.8, 4) is 0 Å². The molecule has 0 aliphatic carbocycles. The van der Waals surface area contributed by atoms with Crippen molar-refractivity contribution in [3.63, 3.8) is 0 Å². The van der Waals surface area contributed by atoms with Crippen LogP contribution in [0.3, 0.4) is 0 Å². The molecule has 4 heteroatoms. The Balaban J connectivity index is 2.29. The molecule has 2 aromatic rings. The van der Waals surface area contributed by atoms with Crippen molar-refractivity contribution in [1.82, 2.24) is 9.78 Å². The lowest BCUT2D eigenvalue weighted by molar-refractivity contribution is 0.665. The topological polar surface area (TPSA) is 17.8 Å². The maximum atomic E-state index is 6.07.